The Bertz CT molecular complexity index is 451. The molecule has 1 aromatic heterocycles. The summed E-state index contributed by atoms with van der Waals surface area (Å²) in [6, 6.07) is 8.00. The lowest BCUT2D eigenvalue weighted by molar-refractivity contribution is 0.414. The van der Waals surface area contributed by atoms with Crippen molar-refractivity contribution >= 4 is 6.01 Å². The van der Waals surface area contributed by atoms with E-state index >= 15 is 0 Å². The molecule has 4 heteroatoms. The molecular formula is C11H12N2O2. The van der Waals surface area contributed by atoms with Crippen molar-refractivity contribution in [3.63, 3.8) is 0 Å². The van der Waals surface area contributed by atoms with Gasteiger partial charge in [0.1, 0.15) is 11.5 Å². The first kappa shape index (κ1) is 9.58. The van der Waals surface area contributed by atoms with Gasteiger partial charge in [-0.3, -0.25) is 0 Å². The topological polar surface area (TPSA) is 61.3 Å². The maximum atomic E-state index is 5.39. The number of methoxy groups -OCH3 is 1. The molecule has 0 fully saturated rings. The number of hydrogen-bond donors (Lipinski definition) is 1. The molecule has 15 heavy (non-hydrogen) atoms. The minimum absolute atomic E-state index is 0.202. The molecule has 0 unspecified atom stereocenters. The zero-order valence-corrected chi connectivity index (χ0v) is 8.43. The number of nitrogens with zero attached hydrogens (tertiary/aromatic N) is 1. The quantitative estimate of drug-likeness (QED) is 0.828. The summed E-state index contributed by atoms with van der Waals surface area (Å²) in [6.07, 6.45) is 2.30. The normalized spacial score (nSPS) is 10.2. The summed E-state index contributed by atoms with van der Waals surface area (Å²) in [5, 5.41) is 0. The largest absolute Gasteiger partial charge is 0.497 e. The van der Waals surface area contributed by atoms with E-state index < -0.39 is 0 Å². The molecule has 0 saturated heterocycles. The summed E-state index contributed by atoms with van der Waals surface area (Å²) < 4.78 is 10.3. The van der Waals surface area contributed by atoms with Crippen LogP contribution in [0, 0.1) is 0 Å². The van der Waals surface area contributed by atoms with Crippen molar-refractivity contribution < 1.29 is 9.15 Å². The summed E-state index contributed by atoms with van der Waals surface area (Å²) in [4.78, 5) is 3.84. The van der Waals surface area contributed by atoms with E-state index in [0.717, 1.165) is 17.1 Å². The predicted molar refractivity (Wildman–Crippen MR) is 56.7 cm³/mol. The Kier molecular flexibility index (Phi) is 2.58. The van der Waals surface area contributed by atoms with Gasteiger partial charge in [-0.15, -0.1) is 0 Å². The second kappa shape index (κ2) is 4.04. The first-order chi connectivity index (χ1) is 7.28. The lowest BCUT2D eigenvalue weighted by Gasteiger charge is -2.02. The Labute approximate surface area is 87.7 Å². The zero-order chi connectivity index (χ0) is 10.7. The van der Waals surface area contributed by atoms with Crippen LogP contribution in [0.3, 0.4) is 0 Å². The van der Waals surface area contributed by atoms with Crippen molar-refractivity contribution in [1.82, 2.24) is 4.98 Å². The molecule has 0 aliphatic heterocycles. The average molecular weight is 204 g/mol. The van der Waals surface area contributed by atoms with Gasteiger partial charge in [0.2, 0.25) is 0 Å². The fourth-order valence-corrected chi connectivity index (χ4v) is 1.39. The van der Waals surface area contributed by atoms with Crippen LogP contribution in [0.25, 0.3) is 0 Å². The molecule has 0 spiro atoms. The van der Waals surface area contributed by atoms with Crippen molar-refractivity contribution in [2.24, 2.45) is 0 Å². The second-order valence-electron chi connectivity index (χ2n) is 3.19. The highest BCUT2D eigenvalue weighted by molar-refractivity contribution is 5.30. The molecule has 0 bridgehead atoms. The van der Waals surface area contributed by atoms with E-state index in [-0.39, 0.29) is 6.01 Å². The molecule has 78 valence electrons. The van der Waals surface area contributed by atoms with Crippen LogP contribution in [-0.4, -0.2) is 12.1 Å². The van der Waals surface area contributed by atoms with Crippen molar-refractivity contribution in [3.8, 4) is 5.75 Å². The number of hydrogen-bond acceptors (Lipinski definition) is 4. The Morgan fingerprint density at radius 3 is 3.00 bits per heavy atom. The highest BCUT2D eigenvalue weighted by atomic mass is 16.5. The Balaban J connectivity index is 2.16. The maximum Gasteiger partial charge on any atom is 0.292 e. The van der Waals surface area contributed by atoms with E-state index in [2.05, 4.69) is 4.98 Å². The number of oxazole rings is 1. The minimum atomic E-state index is 0.202. The lowest BCUT2D eigenvalue weighted by atomic mass is 10.1. The summed E-state index contributed by atoms with van der Waals surface area (Å²) in [7, 11) is 1.64. The number of nitrogens with two attached hydrogens (primary N) is 1. The summed E-state index contributed by atoms with van der Waals surface area (Å²) in [6.45, 7) is 0. The SMILES string of the molecule is COc1cccc(Cc2cnc(N)o2)c1. The van der Waals surface area contributed by atoms with Crippen LogP contribution in [0.1, 0.15) is 11.3 Å². The number of nitrogen functional groups attached to an aromatic ring is 1. The van der Waals surface area contributed by atoms with Crippen LogP contribution in [0.5, 0.6) is 5.75 Å². The molecule has 0 amide bonds. The molecule has 1 heterocycles. The fraction of sp³-hybridized carbons (Fsp3) is 0.182. The molecule has 0 atom stereocenters. The van der Waals surface area contributed by atoms with Crippen LogP contribution in [0.4, 0.5) is 6.01 Å². The number of ether oxygens (including phenoxy) is 1. The van der Waals surface area contributed by atoms with E-state index in [1.54, 1.807) is 13.3 Å². The van der Waals surface area contributed by atoms with Gasteiger partial charge in [0.15, 0.2) is 0 Å². The third-order valence-corrected chi connectivity index (χ3v) is 2.08. The van der Waals surface area contributed by atoms with Gasteiger partial charge in [-0.25, -0.2) is 4.98 Å². The van der Waals surface area contributed by atoms with Gasteiger partial charge in [0.05, 0.1) is 13.3 Å². The van der Waals surface area contributed by atoms with Crippen LogP contribution >= 0.6 is 0 Å². The van der Waals surface area contributed by atoms with Crippen molar-refractivity contribution in [3.05, 3.63) is 41.8 Å². The Hall–Kier alpha value is -1.97. The van der Waals surface area contributed by atoms with Gasteiger partial charge in [-0.1, -0.05) is 12.1 Å². The fourth-order valence-electron chi connectivity index (χ4n) is 1.39. The molecule has 2 aromatic rings. The van der Waals surface area contributed by atoms with E-state index in [0.29, 0.717) is 6.42 Å². The first-order valence-electron chi connectivity index (χ1n) is 4.61. The lowest BCUT2D eigenvalue weighted by Crippen LogP contribution is -1.88. The molecule has 0 aliphatic rings. The second-order valence-corrected chi connectivity index (χ2v) is 3.19. The van der Waals surface area contributed by atoms with E-state index in [1.165, 1.54) is 0 Å². The zero-order valence-electron chi connectivity index (χ0n) is 8.43. The summed E-state index contributed by atoms with van der Waals surface area (Å²) in [5.41, 5.74) is 6.49. The summed E-state index contributed by atoms with van der Waals surface area (Å²) in [5.74, 6) is 1.58. The number of benzene rings is 1. The van der Waals surface area contributed by atoms with Crippen LogP contribution in [-0.2, 0) is 6.42 Å². The smallest absolute Gasteiger partial charge is 0.292 e. The van der Waals surface area contributed by atoms with Crippen LogP contribution in [0.2, 0.25) is 0 Å². The minimum Gasteiger partial charge on any atom is -0.497 e. The molecule has 2 N–H and O–H groups in total. The van der Waals surface area contributed by atoms with E-state index in [1.807, 2.05) is 24.3 Å². The van der Waals surface area contributed by atoms with Crippen molar-refractivity contribution in [1.29, 1.82) is 0 Å². The monoisotopic (exact) mass is 204 g/mol. The van der Waals surface area contributed by atoms with Crippen molar-refractivity contribution in [2.75, 3.05) is 12.8 Å². The van der Waals surface area contributed by atoms with Crippen LogP contribution in [0.15, 0.2) is 34.9 Å². The first-order valence-corrected chi connectivity index (χ1v) is 4.61. The van der Waals surface area contributed by atoms with Gasteiger partial charge in [-0.05, 0) is 17.7 Å². The number of aromatic nitrogens is 1. The van der Waals surface area contributed by atoms with E-state index in [4.69, 9.17) is 14.9 Å². The Morgan fingerprint density at radius 2 is 2.33 bits per heavy atom. The average Bonchev–Trinajstić information content (AvgIpc) is 2.64. The van der Waals surface area contributed by atoms with Crippen LogP contribution < -0.4 is 10.5 Å². The van der Waals surface area contributed by atoms with E-state index in [9.17, 15) is 0 Å². The molecule has 1 aromatic carbocycles. The third kappa shape index (κ3) is 2.28. The highest BCUT2D eigenvalue weighted by Crippen LogP contribution is 2.16. The maximum absolute atomic E-state index is 5.39. The van der Waals surface area contributed by atoms with Crippen molar-refractivity contribution in [2.45, 2.75) is 6.42 Å². The standard InChI is InChI=1S/C11H12N2O2/c1-14-9-4-2-3-8(5-9)6-10-7-13-11(12)15-10/h2-5,7H,6H2,1H3,(H2,12,13). The van der Waals surface area contributed by atoms with Gasteiger partial charge in [0.25, 0.3) is 6.01 Å². The molecule has 0 aliphatic carbocycles. The summed E-state index contributed by atoms with van der Waals surface area (Å²) >= 11 is 0. The molecule has 0 radical (unpaired) electrons. The van der Waals surface area contributed by atoms with Gasteiger partial charge < -0.3 is 14.9 Å². The molecule has 0 saturated carbocycles. The van der Waals surface area contributed by atoms with Gasteiger partial charge in [-0.2, -0.15) is 0 Å². The number of anilines is 1. The Morgan fingerprint density at radius 1 is 1.47 bits per heavy atom. The van der Waals surface area contributed by atoms with Gasteiger partial charge in [0, 0.05) is 6.42 Å². The third-order valence-electron chi connectivity index (χ3n) is 2.08. The molecule has 2 rings (SSSR count). The molecule has 4 nitrogen and oxygen atoms in total. The number of rotatable bonds is 3. The highest BCUT2D eigenvalue weighted by Gasteiger charge is 2.02. The molecular weight excluding hydrogens is 192 g/mol. The van der Waals surface area contributed by atoms with Gasteiger partial charge >= 0.3 is 0 Å². The predicted octanol–water partition coefficient (Wildman–Crippen LogP) is 1.86.